The molecule has 0 fully saturated rings. The number of hydrogen-bond donors (Lipinski definition) is 1. The predicted octanol–water partition coefficient (Wildman–Crippen LogP) is 1.18. The molecule has 0 heterocycles. The van der Waals surface area contributed by atoms with Crippen molar-refractivity contribution in [3.05, 3.63) is 29.8 Å². The summed E-state index contributed by atoms with van der Waals surface area (Å²) in [6.45, 7) is 0.146. The fourth-order valence-electron chi connectivity index (χ4n) is 0.660. The normalized spacial score (nSPS) is 9.44. The van der Waals surface area contributed by atoms with E-state index in [1.807, 2.05) is 6.07 Å². The molecule has 0 saturated heterocycles. The largest absolute Gasteiger partial charge is 0.508 e. The molecular formula is C7H8NO. The Labute approximate surface area is 53.9 Å². The predicted molar refractivity (Wildman–Crippen MR) is 34.9 cm³/mol. The Bertz CT molecular complexity index is 198. The zero-order valence-electron chi connectivity index (χ0n) is 4.96. The molecule has 0 spiro atoms. The van der Waals surface area contributed by atoms with E-state index in [9.17, 15) is 0 Å². The van der Waals surface area contributed by atoms with E-state index in [4.69, 9.17) is 10.8 Å². The lowest BCUT2D eigenvalue weighted by molar-refractivity contribution is 0.468. The van der Waals surface area contributed by atoms with E-state index in [0.29, 0.717) is 5.56 Å². The number of phenolic OH excluding ortho intramolecular Hbond substituents is 1. The van der Waals surface area contributed by atoms with Crippen molar-refractivity contribution in [2.24, 2.45) is 0 Å². The molecule has 0 atom stereocenters. The summed E-state index contributed by atoms with van der Waals surface area (Å²) in [6.07, 6.45) is 0. The van der Waals surface area contributed by atoms with Gasteiger partial charge in [0, 0.05) is 12.1 Å². The number of para-hydroxylation sites is 1. The number of benzene rings is 1. The topological polar surface area (TPSA) is 44.0 Å². The van der Waals surface area contributed by atoms with Crippen molar-refractivity contribution in [3.63, 3.8) is 0 Å². The molecule has 0 bridgehead atoms. The zero-order valence-corrected chi connectivity index (χ0v) is 4.96. The Kier molecular flexibility index (Phi) is 1.70. The van der Waals surface area contributed by atoms with Crippen molar-refractivity contribution in [2.75, 3.05) is 0 Å². The Hall–Kier alpha value is -1.02. The van der Waals surface area contributed by atoms with Crippen LogP contribution >= 0.6 is 0 Å². The maximum Gasteiger partial charge on any atom is 0.120 e. The van der Waals surface area contributed by atoms with E-state index >= 15 is 0 Å². The first-order valence-electron chi connectivity index (χ1n) is 2.76. The Morgan fingerprint density at radius 2 is 2.00 bits per heavy atom. The zero-order chi connectivity index (χ0) is 6.69. The van der Waals surface area contributed by atoms with Crippen LogP contribution in [-0.2, 0) is 6.54 Å². The maximum absolute atomic E-state index is 8.99. The van der Waals surface area contributed by atoms with Crippen LogP contribution in [0.25, 0.3) is 0 Å². The standard InChI is InChI=1S/C7H8NO/c8-5-6-3-1-2-4-7(6)9/h1-4,8-9H,5H2. The Balaban J connectivity index is 3.01. The molecule has 2 N–H and O–H groups in total. The van der Waals surface area contributed by atoms with Crippen molar-refractivity contribution in [1.29, 1.82) is 0 Å². The van der Waals surface area contributed by atoms with E-state index < -0.39 is 0 Å². The second-order valence-electron chi connectivity index (χ2n) is 1.81. The highest BCUT2D eigenvalue weighted by Gasteiger charge is 1.93. The molecular weight excluding hydrogens is 114 g/mol. The summed E-state index contributed by atoms with van der Waals surface area (Å²) >= 11 is 0. The second kappa shape index (κ2) is 2.51. The van der Waals surface area contributed by atoms with Crippen molar-refractivity contribution < 1.29 is 5.11 Å². The minimum Gasteiger partial charge on any atom is -0.508 e. The first-order valence-corrected chi connectivity index (χ1v) is 2.76. The summed E-state index contributed by atoms with van der Waals surface area (Å²) in [5.74, 6) is 0.215. The maximum atomic E-state index is 8.99. The first kappa shape index (κ1) is 6.11. The van der Waals surface area contributed by atoms with Crippen molar-refractivity contribution >= 4 is 0 Å². The average Bonchev–Trinajstić information content (AvgIpc) is 1.89. The highest BCUT2D eigenvalue weighted by molar-refractivity contribution is 5.31. The molecule has 0 aliphatic carbocycles. The van der Waals surface area contributed by atoms with Crippen LogP contribution in [0.3, 0.4) is 0 Å². The van der Waals surface area contributed by atoms with Gasteiger partial charge < -0.3 is 5.11 Å². The third-order valence-electron chi connectivity index (χ3n) is 1.18. The van der Waals surface area contributed by atoms with Gasteiger partial charge in [-0.25, -0.2) is 0 Å². The van der Waals surface area contributed by atoms with Crippen molar-refractivity contribution in [1.82, 2.24) is 5.73 Å². The van der Waals surface area contributed by atoms with Crippen LogP contribution in [0.5, 0.6) is 5.75 Å². The van der Waals surface area contributed by atoms with Crippen LogP contribution < -0.4 is 5.73 Å². The van der Waals surface area contributed by atoms with Gasteiger partial charge in [0.25, 0.3) is 0 Å². The average molecular weight is 122 g/mol. The van der Waals surface area contributed by atoms with Crippen LogP contribution in [0, 0.1) is 0 Å². The van der Waals surface area contributed by atoms with Gasteiger partial charge in [0.2, 0.25) is 0 Å². The Morgan fingerprint density at radius 3 is 2.44 bits per heavy atom. The van der Waals surface area contributed by atoms with E-state index in [0.717, 1.165) is 0 Å². The fraction of sp³-hybridized carbons (Fsp3) is 0.143. The molecule has 1 radical (unpaired) electrons. The molecule has 0 unspecified atom stereocenters. The summed E-state index contributed by atoms with van der Waals surface area (Å²) in [6, 6.07) is 6.88. The fourth-order valence-corrected chi connectivity index (χ4v) is 0.660. The highest BCUT2D eigenvalue weighted by atomic mass is 16.3. The first-order chi connectivity index (χ1) is 4.34. The van der Waals surface area contributed by atoms with Crippen LogP contribution in [-0.4, -0.2) is 5.11 Å². The van der Waals surface area contributed by atoms with Gasteiger partial charge in [0.1, 0.15) is 5.75 Å². The van der Waals surface area contributed by atoms with Gasteiger partial charge in [-0.1, -0.05) is 18.2 Å². The molecule has 1 aromatic rings. The third kappa shape index (κ3) is 1.21. The summed E-state index contributed by atoms with van der Waals surface area (Å²) in [7, 11) is 0. The van der Waals surface area contributed by atoms with Gasteiger partial charge in [-0.2, -0.15) is 0 Å². The number of hydrogen-bond acceptors (Lipinski definition) is 1. The SMILES string of the molecule is [NH]Cc1ccccc1O. The molecule has 0 saturated carbocycles. The van der Waals surface area contributed by atoms with Gasteiger partial charge in [-0.3, -0.25) is 5.73 Å². The van der Waals surface area contributed by atoms with E-state index in [1.54, 1.807) is 18.2 Å². The lowest BCUT2D eigenvalue weighted by Crippen LogP contribution is -1.83. The smallest absolute Gasteiger partial charge is 0.120 e. The van der Waals surface area contributed by atoms with Gasteiger partial charge in [-0.05, 0) is 6.07 Å². The summed E-state index contributed by atoms with van der Waals surface area (Å²) < 4.78 is 0. The minimum atomic E-state index is 0.146. The lowest BCUT2D eigenvalue weighted by atomic mass is 10.2. The molecule has 0 aliphatic rings. The number of aromatic hydroxyl groups is 1. The lowest BCUT2D eigenvalue weighted by Gasteiger charge is -1.96. The van der Waals surface area contributed by atoms with E-state index in [2.05, 4.69) is 0 Å². The minimum absolute atomic E-state index is 0.146. The summed E-state index contributed by atoms with van der Waals surface area (Å²) in [5, 5.41) is 8.99. The van der Waals surface area contributed by atoms with Crippen molar-refractivity contribution in [2.45, 2.75) is 6.54 Å². The molecule has 0 aromatic heterocycles. The van der Waals surface area contributed by atoms with Crippen molar-refractivity contribution in [3.8, 4) is 5.75 Å². The quantitative estimate of drug-likeness (QED) is 0.597. The van der Waals surface area contributed by atoms with Crippen LogP contribution in [0.4, 0.5) is 0 Å². The third-order valence-corrected chi connectivity index (χ3v) is 1.18. The summed E-state index contributed by atoms with van der Waals surface area (Å²) in [5.41, 5.74) is 7.60. The number of nitrogens with one attached hydrogen (secondary N) is 1. The number of rotatable bonds is 1. The monoisotopic (exact) mass is 122 g/mol. The molecule has 0 aliphatic heterocycles. The molecule has 1 aromatic carbocycles. The molecule has 0 amide bonds. The molecule has 9 heavy (non-hydrogen) atoms. The molecule has 47 valence electrons. The summed E-state index contributed by atoms with van der Waals surface area (Å²) in [4.78, 5) is 0. The van der Waals surface area contributed by atoms with Gasteiger partial charge in [-0.15, -0.1) is 0 Å². The van der Waals surface area contributed by atoms with E-state index in [-0.39, 0.29) is 12.3 Å². The van der Waals surface area contributed by atoms with Crippen LogP contribution in [0.2, 0.25) is 0 Å². The van der Waals surface area contributed by atoms with Gasteiger partial charge in [0.15, 0.2) is 0 Å². The second-order valence-corrected chi connectivity index (χ2v) is 1.81. The molecule has 2 nitrogen and oxygen atoms in total. The van der Waals surface area contributed by atoms with Gasteiger partial charge in [0.05, 0.1) is 0 Å². The number of phenols is 1. The Morgan fingerprint density at radius 1 is 1.33 bits per heavy atom. The molecule has 2 heteroatoms. The van der Waals surface area contributed by atoms with E-state index in [1.165, 1.54) is 0 Å². The highest BCUT2D eigenvalue weighted by Crippen LogP contribution is 2.13. The van der Waals surface area contributed by atoms with Crippen LogP contribution in [0.1, 0.15) is 5.56 Å². The van der Waals surface area contributed by atoms with Crippen LogP contribution in [0.15, 0.2) is 24.3 Å². The molecule has 1 rings (SSSR count). The van der Waals surface area contributed by atoms with Gasteiger partial charge >= 0.3 is 0 Å².